The number of para-hydroxylation sites is 1. The molecule has 0 radical (unpaired) electrons. The van der Waals surface area contributed by atoms with Crippen LogP contribution in [0.2, 0.25) is 10.0 Å². The number of nitrogens with zero attached hydrogens (tertiary/aromatic N) is 1. The molecule has 0 spiro atoms. The minimum Gasteiger partial charge on any atom is -0.452 e. The van der Waals surface area contributed by atoms with Crippen molar-refractivity contribution in [2.24, 2.45) is 0 Å². The molecule has 0 aliphatic carbocycles. The average Bonchev–Trinajstić information content (AvgIpc) is 3.13. The number of anilines is 1. The van der Waals surface area contributed by atoms with E-state index < -0.39 is 18.5 Å². The molecule has 0 aliphatic rings. The Kier molecular flexibility index (Phi) is 7.55. The summed E-state index contributed by atoms with van der Waals surface area (Å²) in [5.74, 6) is -0.352. The lowest BCUT2D eigenvalue weighted by Gasteiger charge is -2.09. The number of thioether (sulfide) groups is 1. The molecule has 0 bridgehead atoms. The van der Waals surface area contributed by atoms with E-state index >= 15 is 0 Å². The summed E-state index contributed by atoms with van der Waals surface area (Å²) < 4.78 is 5.06. The number of hydrogen-bond donors (Lipinski definition) is 1. The Morgan fingerprint density at radius 2 is 1.83 bits per heavy atom. The van der Waals surface area contributed by atoms with Crippen molar-refractivity contribution in [3.05, 3.63) is 74.2 Å². The van der Waals surface area contributed by atoms with Gasteiger partial charge in [0.2, 0.25) is 0 Å². The lowest BCUT2D eigenvalue weighted by molar-refractivity contribution is -0.119. The lowest BCUT2D eigenvalue weighted by Crippen LogP contribution is -2.21. The summed E-state index contributed by atoms with van der Waals surface area (Å²) in [6.07, 6.45) is 0. The number of carbonyl (C=O) groups is 2. The van der Waals surface area contributed by atoms with E-state index in [2.05, 4.69) is 10.3 Å². The van der Waals surface area contributed by atoms with Crippen LogP contribution in [0.4, 0.5) is 5.69 Å². The van der Waals surface area contributed by atoms with Crippen LogP contribution < -0.4 is 5.32 Å². The van der Waals surface area contributed by atoms with Crippen LogP contribution in [0.5, 0.6) is 0 Å². The molecule has 0 saturated heterocycles. The molecule has 1 aromatic heterocycles. The van der Waals surface area contributed by atoms with Gasteiger partial charge in [0.25, 0.3) is 5.91 Å². The highest BCUT2D eigenvalue weighted by atomic mass is 35.5. The van der Waals surface area contributed by atoms with Crippen LogP contribution in [0.25, 0.3) is 0 Å². The number of esters is 1. The van der Waals surface area contributed by atoms with Gasteiger partial charge in [-0.1, -0.05) is 29.3 Å². The average molecular weight is 467 g/mol. The number of benzene rings is 2. The first-order valence-electron chi connectivity index (χ1n) is 8.47. The van der Waals surface area contributed by atoms with Crippen molar-refractivity contribution in [3.8, 4) is 0 Å². The molecule has 1 N–H and O–H groups in total. The predicted octanol–water partition coefficient (Wildman–Crippen LogP) is 5.85. The van der Waals surface area contributed by atoms with Gasteiger partial charge in [0, 0.05) is 16.0 Å². The van der Waals surface area contributed by atoms with Crippen LogP contribution in [-0.2, 0) is 15.3 Å². The molecule has 3 rings (SSSR count). The molecule has 1 amide bonds. The van der Waals surface area contributed by atoms with Gasteiger partial charge >= 0.3 is 5.97 Å². The third kappa shape index (κ3) is 6.21. The second-order valence-corrected chi connectivity index (χ2v) is 8.82. The van der Waals surface area contributed by atoms with Crippen LogP contribution in [0, 0.1) is 6.92 Å². The number of nitrogens with one attached hydrogen (secondary N) is 1. The second kappa shape index (κ2) is 10.1. The minimum atomic E-state index is -0.586. The highest BCUT2D eigenvalue weighted by Crippen LogP contribution is 2.29. The Labute approximate surface area is 186 Å². The standard InChI is InChI=1S/C20H16Cl2N2O3S2/c1-12-23-14(10-28-12)11-29-15-7-5-13(6-8-15)20(26)27-9-18(25)24-19-16(21)3-2-4-17(19)22/h2-8,10H,9,11H2,1H3,(H,24,25). The molecule has 0 fully saturated rings. The fraction of sp³-hybridized carbons (Fsp3) is 0.150. The number of thiazole rings is 1. The van der Waals surface area contributed by atoms with Crippen LogP contribution in [0.1, 0.15) is 21.1 Å². The lowest BCUT2D eigenvalue weighted by atomic mass is 10.2. The number of amides is 1. The summed E-state index contributed by atoms with van der Waals surface area (Å²) in [5, 5.41) is 6.23. The smallest absolute Gasteiger partial charge is 0.338 e. The number of ether oxygens (including phenoxy) is 1. The number of hydrogen-bond acceptors (Lipinski definition) is 6. The summed E-state index contributed by atoms with van der Waals surface area (Å²) in [7, 11) is 0. The van der Waals surface area contributed by atoms with E-state index in [1.807, 2.05) is 24.4 Å². The van der Waals surface area contributed by atoms with E-state index in [0.29, 0.717) is 15.6 Å². The van der Waals surface area contributed by atoms with Crippen LogP contribution in [-0.4, -0.2) is 23.5 Å². The molecule has 2 aromatic carbocycles. The predicted molar refractivity (Wildman–Crippen MR) is 118 cm³/mol. The van der Waals surface area contributed by atoms with Gasteiger partial charge in [-0.05, 0) is 43.3 Å². The van der Waals surface area contributed by atoms with Crippen LogP contribution >= 0.6 is 46.3 Å². The van der Waals surface area contributed by atoms with Gasteiger partial charge < -0.3 is 10.1 Å². The van der Waals surface area contributed by atoms with E-state index in [1.165, 1.54) is 0 Å². The Morgan fingerprint density at radius 1 is 1.14 bits per heavy atom. The maximum atomic E-state index is 12.2. The molecule has 5 nitrogen and oxygen atoms in total. The number of halogens is 2. The Balaban J connectivity index is 1.49. The summed E-state index contributed by atoms with van der Waals surface area (Å²) in [4.78, 5) is 29.6. The highest BCUT2D eigenvalue weighted by molar-refractivity contribution is 7.98. The summed E-state index contributed by atoms with van der Waals surface area (Å²) in [6, 6.07) is 11.9. The Morgan fingerprint density at radius 3 is 2.45 bits per heavy atom. The van der Waals surface area contributed by atoms with Gasteiger partial charge in [-0.15, -0.1) is 23.1 Å². The number of aryl methyl sites for hydroxylation is 1. The quantitative estimate of drug-likeness (QED) is 0.349. The number of carbonyl (C=O) groups excluding carboxylic acids is 2. The Bertz CT molecular complexity index is 1000. The van der Waals surface area contributed by atoms with E-state index in [-0.39, 0.29) is 5.69 Å². The summed E-state index contributed by atoms with van der Waals surface area (Å²) in [5.41, 5.74) is 1.68. The van der Waals surface area contributed by atoms with Crippen molar-refractivity contribution >= 4 is 63.9 Å². The maximum absolute atomic E-state index is 12.2. The second-order valence-electron chi connectivity index (χ2n) is 5.89. The van der Waals surface area contributed by atoms with Crippen LogP contribution in [0.3, 0.4) is 0 Å². The van der Waals surface area contributed by atoms with E-state index in [1.54, 1.807) is 53.4 Å². The molecule has 0 unspecified atom stereocenters. The Hall–Kier alpha value is -2.06. The fourth-order valence-corrected chi connectivity index (χ4v) is 4.33. The molecule has 150 valence electrons. The van der Waals surface area contributed by atoms with Crippen LogP contribution in [0.15, 0.2) is 52.7 Å². The molecule has 3 aromatic rings. The largest absolute Gasteiger partial charge is 0.452 e. The molecular weight excluding hydrogens is 451 g/mol. The first-order chi connectivity index (χ1) is 13.9. The SMILES string of the molecule is Cc1nc(CSc2ccc(C(=O)OCC(=O)Nc3c(Cl)cccc3Cl)cc2)cs1. The third-order valence-corrected chi connectivity index (χ3v) is 6.20. The van der Waals surface area contributed by atoms with Crippen molar-refractivity contribution in [1.29, 1.82) is 0 Å². The van der Waals surface area contributed by atoms with Crippen molar-refractivity contribution in [2.75, 3.05) is 11.9 Å². The molecular formula is C20H16Cl2N2O3S2. The van der Waals surface area contributed by atoms with Gasteiger partial charge in [0.05, 0.1) is 32.0 Å². The van der Waals surface area contributed by atoms with E-state index in [0.717, 1.165) is 21.3 Å². The van der Waals surface area contributed by atoms with Crippen molar-refractivity contribution in [3.63, 3.8) is 0 Å². The van der Waals surface area contributed by atoms with Crippen molar-refractivity contribution < 1.29 is 14.3 Å². The van der Waals surface area contributed by atoms with Gasteiger partial charge in [0.15, 0.2) is 6.61 Å². The van der Waals surface area contributed by atoms with E-state index in [9.17, 15) is 9.59 Å². The van der Waals surface area contributed by atoms with Gasteiger partial charge in [-0.25, -0.2) is 9.78 Å². The van der Waals surface area contributed by atoms with Crippen molar-refractivity contribution in [1.82, 2.24) is 4.98 Å². The van der Waals surface area contributed by atoms with Gasteiger partial charge in [-0.3, -0.25) is 4.79 Å². The van der Waals surface area contributed by atoms with E-state index in [4.69, 9.17) is 27.9 Å². The number of aromatic nitrogens is 1. The minimum absolute atomic E-state index is 0.286. The normalized spacial score (nSPS) is 10.6. The first kappa shape index (κ1) is 21.6. The monoisotopic (exact) mass is 466 g/mol. The zero-order chi connectivity index (χ0) is 20.8. The zero-order valence-corrected chi connectivity index (χ0v) is 18.4. The fourth-order valence-electron chi connectivity index (χ4n) is 2.33. The zero-order valence-electron chi connectivity index (χ0n) is 15.3. The number of rotatable bonds is 7. The molecule has 0 aliphatic heterocycles. The molecule has 29 heavy (non-hydrogen) atoms. The van der Waals surface area contributed by atoms with Crippen molar-refractivity contribution in [2.45, 2.75) is 17.6 Å². The molecule has 9 heteroatoms. The highest BCUT2D eigenvalue weighted by Gasteiger charge is 2.13. The molecule has 0 saturated carbocycles. The summed E-state index contributed by atoms with van der Waals surface area (Å²) >= 11 is 15.3. The maximum Gasteiger partial charge on any atom is 0.338 e. The topological polar surface area (TPSA) is 68.3 Å². The third-order valence-electron chi connectivity index (χ3n) is 3.70. The van der Waals surface area contributed by atoms with Gasteiger partial charge in [-0.2, -0.15) is 0 Å². The first-order valence-corrected chi connectivity index (χ1v) is 11.1. The molecule has 1 heterocycles. The van der Waals surface area contributed by atoms with Gasteiger partial charge in [0.1, 0.15) is 0 Å². The summed E-state index contributed by atoms with van der Waals surface area (Å²) in [6.45, 7) is 1.53. The molecule has 0 atom stereocenters.